The van der Waals surface area contributed by atoms with Gasteiger partial charge in [-0.3, -0.25) is 0 Å². The molecule has 0 aliphatic heterocycles. The minimum Gasteiger partial charge on any atom is -0.400 e. The van der Waals surface area contributed by atoms with Gasteiger partial charge in [-0.15, -0.1) is 0 Å². The molecule has 0 aromatic carbocycles. The summed E-state index contributed by atoms with van der Waals surface area (Å²) in [5.74, 6) is 0. The van der Waals surface area contributed by atoms with Gasteiger partial charge < -0.3 is 30.6 Å². The fourth-order valence-electron chi connectivity index (χ4n) is 1.18. The summed E-state index contributed by atoms with van der Waals surface area (Å²) in [7, 11) is 1.00. The Hall–Kier alpha value is -0.240. The van der Waals surface area contributed by atoms with Crippen LogP contribution in [0.3, 0.4) is 0 Å². The lowest BCUT2D eigenvalue weighted by molar-refractivity contribution is -0.176. The van der Waals surface area contributed by atoms with Gasteiger partial charge in [-0.2, -0.15) is 0 Å². The average Bonchev–Trinajstić information content (AvgIpc) is 2.15. The van der Waals surface area contributed by atoms with Crippen LogP contribution in [0.25, 0.3) is 0 Å². The summed E-state index contributed by atoms with van der Waals surface area (Å²) < 4.78 is 0. The van der Waals surface area contributed by atoms with Gasteiger partial charge in [0.15, 0.2) is 0 Å². The summed E-state index contributed by atoms with van der Waals surface area (Å²) >= 11 is 0. The van der Waals surface area contributed by atoms with Gasteiger partial charge in [0.25, 0.3) is 0 Å². The molecule has 0 heterocycles. The Morgan fingerprint density at radius 3 is 1.31 bits per heavy atom. The maximum atomic E-state index is 8.97. The Balaban J connectivity index is 0.000000671. The summed E-state index contributed by atoms with van der Waals surface area (Å²) in [5.41, 5.74) is 0. The third-order valence-electron chi connectivity index (χ3n) is 1.97. The van der Waals surface area contributed by atoms with Crippen LogP contribution in [0.15, 0.2) is 0 Å². The minimum atomic E-state index is -1.46. The second-order valence-corrected chi connectivity index (χ2v) is 2.84. The molecule has 0 aromatic rings. The summed E-state index contributed by atoms with van der Waals surface area (Å²) in [6.45, 7) is 0. The first-order chi connectivity index (χ1) is 6.04. The van der Waals surface area contributed by atoms with Gasteiger partial charge in [-0.05, 0) is 0 Å². The molecule has 3 unspecified atom stereocenters. The van der Waals surface area contributed by atoms with Gasteiger partial charge in [0, 0.05) is 13.5 Å². The van der Waals surface area contributed by atoms with Crippen LogP contribution in [0, 0.1) is 0 Å². The predicted octanol–water partition coefficient (Wildman–Crippen LogP) is -3.20. The van der Waals surface area contributed by atoms with Crippen LogP contribution in [-0.4, -0.2) is 68.3 Å². The lowest BCUT2D eigenvalue weighted by atomic mass is 9.87. The highest BCUT2D eigenvalue weighted by Gasteiger charge is 2.40. The molecule has 5 atom stereocenters. The Bertz CT molecular complexity index is 127. The predicted molar refractivity (Wildman–Crippen MR) is 42.8 cm³/mol. The van der Waals surface area contributed by atoms with Gasteiger partial charge in [0.05, 0.1) is 12.2 Å². The minimum absolute atomic E-state index is 0.112. The van der Waals surface area contributed by atoms with Crippen molar-refractivity contribution in [1.82, 2.24) is 0 Å². The van der Waals surface area contributed by atoms with Crippen molar-refractivity contribution in [3.8, 4) is 0 Å². The van der Waals surface area contributed by atoms with Crippen molar-refractivity contribution in [2.24, 2.45) is 0 Å². The molecule has 1 rings (SSSR count). The van der Waals surface area contributed by atoms with E-state index in [0.29, 0.717) is 0 Å². The molecule has 0 saturated heterocycles. The Kier molecular flexibility index (Phi) is 5.38. The maximum absolute atomic E-state index is 8.97. The Morgan fingerprint density at radius 2 is 1.00 bits per heavy atom. The van der Waals surface area contributed by atoms with Crippen LogP contribution in [0.5, 0.6) is 0 Å². The fourth-order valence-corrected chi connectivity index (χ4v) is 1.18. The van der Waals surface area contributed by atoms with Crippen molar-refractivity contribution in [3.63, 3.8) is 0 Å². The highest BCUT2D eigenvalue weighted by atomic mass is 16.4. The van der Waals surface area contributed by atoms with Gasteiger partial charge in [-0.1, -0.05) is 0 Å². The topological polar surface area (TPSA) is 121 Å². The zero-order valence-corrected chi connectivity index (χ0v) is 7.28. The van der Waals surface area contributed by atoms with Gasteiger partial charge >= 0.3 is 0 Å². The third kappa shape index (κ3) is 2.87. The molecule has 1 saturated carbocycles. The largest absolute Gasteiger partial charge is 0.400 e. The van der Waals surface area contributed by atoms with Gasteiger partial charge in [0.2, 0.25) is 0 Å². The fraction of sp³-hybridized carbons (Fsp3) is 1.00. The van der Waals surface area contributed by atoms with Crippen molar-refractivity contribution in [2.45, 2.75) is 36.9 Å². The quantitative estimate of drug-likeness (QED) is 0.243. The molecule has 0 amide bonds. The van der Waals surface area contributed by atoms with E-state index in [2.05, 4.69) is 0 Å². The summed E-state index contributed by atoms with van der Waals surface area (Å²) in [6.07, 6.45) is -6.64. The number of rotatable bonds is 0. The molecule has 13 heavy (non-hydrogen) atoms. The molecule has 0 aromatic heterocycles. The van der Waals surface area contributed by atoms with E-state index >= 15 is 0 Å². The molecule has 1 aliphatic rings. The molecule has 80 valence electrons. The van der Waals surface area contributed by atoms with Crippen LogP contribution in [0.1, 0.15) is 6.42 Å². The molecule has 1 fully saturated rings. The molecule has 1 aliphatic carbocycles. The molecule has 0 spiro atoms. The van der Waals surface area contributed by atoms with E-state index in [1.165, 1.54) is 0 Å². The molecule has 6 heteroatoms. The highest BCUT2D eigenvalue weighted by molar-refractivity contribution is 4.92. The molecular formula is C7H16O6. The van der Waals surface area contributed by atoms with Crippen LogP contribution in [0.2, 0.25) is 0 Å². The first-order valence-corrected chi connectivity index (χ1v) is 3.89. The summed E-state index contributed by atoms with van der Waals surface area (Å²) in [4.78, 5) is 0. The second kappa shape index (κ2) is 5.48. The SMILES string of the molecule is CO.OC1C[C@@H](O)C(O)C(O)[C@H]1O. The van der Waals surface area contributed by atoms with Crippen molar-refractivity contribution in [3.05, 3.63) is 0 Å². The number of hydrogen-bond donors (Lipinski definition) is 6. The number of aliphatic hydroxyl groups is 6. The molecule has 6 N–H and O–H groups in total. The van der Waals surface area contributed by atoms with Crippen LogP contribution in [-0.2, 0) is 0 Å². The van der Waals surface area contributed by atoms with Gasteiger partial charge in [-0.25, -0.2) is 0 Å². The number of aliphatic hydroxyl groups excluding tert-OH is 6. The monoisotopic (exact) mass is 196 g/mol. The molecule has 0 radical (unpaired) electrons. The average molecular weight is 196 g/mol. The second-order valence-electron chi connectivity index (χ2n) is 2.84. The van der Waals surface area contributed by atoms with E-state index in [-0.39, 0.29) is 6.42 Å². The highest BCUT2D eigenvalue weighted by Crippen LogP contribution is 2.20. The maximum Gasteiger partial charge on any atom is 0.111 e. The van der Waals surface area contributed by atoms with E-state index in [1.54, 1.807) is 0 Å². The van der Waals surface area contributed by atoms with E-state index in [1.807, 2.05) is 0 Å². The normalized spacial score (nSPS) is 45.0. The van der Waals surface area contributed by atoms with Gasteiger partial charge in [0.1, 0.15) is 18.3 Å². The van der Waals surface area contributed by atoms with E-state index in [0.717, 1.165) is 7.11 Å². The van der Waals surface area contributed by atoms with Crippen LogP contribution >= 0.6 is 0 Å². The lowest BCUT2D eigenvalue weighted by Crippen LogP contribution is -2.55. The van der Waals surface area contributed by atoms with Crippen molar-refractivity contribution in [2.75, 3.05) is 7.11 Å². The summed E-state index contributed by atoms with van der Waals surface area (Å²) in [5, 5.41) is 51.8. The molecular weight excluding hydrogens is 180 g/mol. The third-order valence-corrected chi connectivity index (χ3v) is 1.97. The molecule has 0 bridgehead atoms. The number of hydrogen-bond acceptors (Lipinski definition) is 6. The lowest BCUT2D eigenvalue weighted by Gasteiger charge is -2.35. The van der Waals surface area contributed by atoms with Crippen molar-refractivity contribution in [1.29, 1.82) is 0 Å². The summed E-state index contributed by atoms with van der Waals surface area (Å²) in [6, 6.07) is 0. The van der Waals surface area contributed by atoms with E-state index in [9.17, 15) is 0 Å². The Morgan fingerprint density at radius 1 is 0.692 bits per heavy atom. The first kappa shape index (κ1) is 12.8. The van der Waals surface area contributed by atoms with Crippen LogP contribution < -0.4 is 0 Å². The smallest absolute Gasteiger partial charge is 0.111 e. The molecule has 6 nitrogen and oxygen atoms in total. The van der Waals surface area contributed by atoms with Crippen molar-refractivity contribution >= 4 is 0 Å². The van der Waals surface area contributed by atoms with E-state index in [4.69, 9.17) is 30.6 Å². The zero-order valence-electron chi connectivity index (χ0n) is 7.28. The standard InChI is InChI=1S/C6H12O5.CH4O/c7-2-1-3(8)5(10)6(11)4(2)9;1-2/h2-11H,1H2;2H,1H3/t2-,3?,4?,5+,6?;/m1./s1. The van der Waals surface area contributed by atoms with Crippen molar-refractivity contribution < 1.29 is 30.6 Å². The van der Waals surface area contributed by atoms with Crippen LogP contribution in [0.4, 0.5) is 0 Å². The zero-order chi connectivity index (χ0) is 10.6. The Labute approximate surface area is 75.7 Å². The first-order valence-electron chi connectivity index (χ1n) is 3.89. The van der Waals surface area contributed by atoms with E-state index < -0.39 is 30.5 Å².